The zero-order valence-corrected chi connectivity index (χ0v) is 12.7. The van der Waals surface area contributed by atoms with Gasteiger partial charge in [0.05, 0.1) is 17.6 Å². The molecule has 3 N–H and O–H groups in total. The zero-order chi connectivity index (χ0) is 14.1. The summed E-state index contributed by atoms with van der Waals surface area (Å²) in [6.45, 7) is 4.91. The van der Waals surface area contributed by atoms with Crippen LogP contribution in [0.4, 0.5) is 0 Å². The number of H-pyrrole nitrogens is 1. The number of aromatic amines is 1. The Balaban J connectivity index is 1.79. The average Bonchev–Trinajstić information content (AvgIpc) is 2.97. The van der Waals surface area contributed by atoms with Crippen LogP contribution in [-0.4, -0.2) is 27.9 Å². The summed E-state index contributed by atoms with van der Waals surface area (Å²) in [5.41, 5.74) is 8.12. The molecule has 3 unspecified atom stereocenters. The number of thioether (sulfide) groups is 1. The van der Waals surface area contributed by atoms with Gasteiger partial charge in [0.25, 0.3) is 0 Å². The van der Waals surface area contributed by atoms with E-state index in [1.807, 2.05) is 36.9 Å². The molecule has 4 nitrogen and oxygen atoms in total. The lowest BCUT2D eigenvalue weighted by Gasteiger charge is -2.15. The summed E-state index contributed by atoms with van der Waals surface area (Å²) < 4.78 is 5.52. The van der Waals surface area contributed by atoms with E-state index in [0.29, 0.717) is 23.8 Å². The van der Waals surface area contributed by atoms with Gasteiger partial charge in [0.2, 0.25) is 0 Å². The second kappa shape index (κ2) is 5.66. The van der Waals surface area contributed by atoms with Gasteiger partial charge in [-0.25, -0.2) is 4.98 Å². The largest absolute Gasteiger partial charge is 0.494 e. The molecule has 108 valence electrons. The Morgan fingerprint density at radius 2 is 2.30 bits per heavy atom. The van der Waals surface area contributed by atoms with E-state index in [4.69, 9.17) is 10.5 Å². The fraction of sp³-hybridized carbons (Fsp3) is 0.533. The second-order valence-corrected chi connectivity index (χ2v) is 6.64. The highest BCUT2D eigenvalue weighted by atomic mass is 32.2. The number of nitrogens with two attached hydrogens (primary N) is 1. The maximum atomic E-state index is 6.09. The van der Waals surface area contributed by atoms with Crippen LogP contribution in [0, 0.1) is 5.92 Å². The molecular weight excluding hydrogens is 270 g/mol. The zero-order valence-electron chi connectivity index (χ0n) is 11.9. The maximum absolute atomic E-state index is 6.09. The van der Waals surface area contributed by atoms with Crippen molar-refractivity contribution < 1.29 is 4.74 Å². The van der Waals surface area contributed by atoms with Gasteiger partial charge in [-0.15, -0.1) is 0 Å². The smallest absolute Gasteiger partial charge is 0.166 e. The number of rotatable bonds is 4. The van der Waals surface area contributed by atoms with Crippen LogP contribution >= 0.6 is 11.8 Å². The third-order valence-electron chi connectivity index (χ3n) is 4.05. The minimum Gasteiger partial charge on any atom is -0.494 e. The molecular formula is C15H21N3OS. The molecule has 1 aliphatic carbocycles. The van der Waals surface area contributed by atoms with Crippen molar-refractivity contribution in [3.8, 4) is 5.75 Å². The number of aromatic nitrogens is 2. The number of hydrogen-bond donors (Lipinski definition) is 2. The van der Waals surface area contributed by atoms with E-state index >= 15 is 0 Å². The molecule has 0 saturated heterocycles. The number of nitrogens with one attached hydrogen (secondary N) is 1. The van der Waals surface area contributed by atoms with E-state index in [-0.39, 0.29) is 0 Å². The first-order valence-corrected chi connectivity index (χ1v) is 8.10. The lowest BCUT2D eigenvalue weighted by atomic mass is 10.1. The summed E-state index contributed by atoms with van der Waals surface area (Å²) in [5, 5.41) is 1.55. The van der Waals surface area contributed by atoms with Crippen LogP contribution in [0.1, 0.15) is 26.7 Å². The van der Waals surface area contributed by atoms with Gasteiger partial charge in [-0.3, -0.25) is 0 Å². The summed E-state index contributed by atoms with van der Waals surface area (Å²) >= 11 is 1.82. The summed E-state index contributed by atoms with van der Waals surface area (Å²) in [5.74, 6) is 1.43. The van der Waals surface area contributed by atoms with Crippen LogP contribution in [0.2, 0.25) is 0 Å². The van der Waals surface area contributed by atoms with Crippen molar-refractivity contribution in [3.63, 3.8) is 0 Å². The molecule has 0 amide bonds. The number of imidazole rings is 1. The van der Waals surface area contributed by atoms with E-state index in [1.165, 1.54) is 6.42 Å². The van der Waals surface area contributed by atoms with Crippen molar-refractivity contribution in [1.29, 1.82) is 0 Å². The third-order valence-corrected chi connectivity index (χ3v) is 5.44. The Morgan fingerprint density at radius 1 is 1.45 bits per heavy atom. The average molecular weight is 291 g/mol. The molecule has 0 radical (unpaired) electrons. The predicted octanol–water partition coefficient (Wildman–Crippen LogP) is 3.18. The standard InChI is InChI=1S/C15H21N3OS/c1-3-19-10-4-6-12-13(8-10)18-15(17-12)20-14-7-5-11(16)9(14)2/h4,6,8-9,11,14H,3,5,7,16H2,1-2H3,(H,17,18). The summed E-state index contributed by atoms with van der Waals surface area (Å²) in [6, 6.07) is 6.32. The Kier molecular flexibility index (Phi) is 3.89. The van der Waals surface area contributed by atoms with E-state index in [0.717, 1.165) is 28.4 Å². The van der Waals surface area contributed by atoms with Gasteiger partial charge in [-0.1, -0.05) is 18.7 Å². The first kappa shape index (κ1) is 13.8. The van der Waals surface area contributed by atoms with Crippen molar-refractivity contribution in [2.24, 2.45) is 11.7 Å². The summed E-state index contributed by atoms with van der Waals surface area (Å²) in [4.78, 5) is 8.04. The molecule has 1 heterocycles. The number of hydrogen-bond acceptors (Lipinski definition) is 4. The Hall–Kier alpha value is -1.20. The number of fused-ring (bicyclic) bond motifs is 1. The van der Waals surface area contributed by atoms with Crippen molar-refractivity contribution >= 4 is 22.8 Å². The number of ether oxygens (including phenoxy) is 1. The number of benzene rings is 1. The van der Waals surface area contributed by atoms with E-state index in [2.05, 4.69) is 16.9 Å². The molecule has 3 atom stereocenters. The molecule has 1 aromatic carbocycles. The van der Waals surface area contributed by atoms with Crippen LogP contribution in [0.25, 0.3) is 11.0 Å². The minimum absolute atomic E-state index is 0.335. The topological polar surface area (TPSA) is 63.9 Å². The Morgan fingerprint density at radius 3 is 3.00 bits per heavy atom. The van der Waals surface area contributed by atoms with Crippen LogP contribution in [0.5, 0.6) is 5.75 Å². The quantitative estimate of drug-likeness (QED) is 0.908. The minimum atomic E-state index is 0.335. The first-order chi connectivity index (χ1) is 9.67. The molecule has 0 bridgehead atoms. The Labute approximate surface area is 123 Å². The van der Waals surface area contributed by atoms with Gasteiger partial charge in [-0.2, -0.15) is 0 Å². The second-order valence-electron chi connectivity index (χ2n) is 5.41. The van der Waals surface area contributed by atoms with Crippen LogP contribution < -0.4 is 10.5 Å². The highest BCUT2D eigenvalue weighted by Crippen LogP contribution is 2.37. The van der Waals surface area contributed by atoms with Crippen molar-refractivity contribution in [2.45, 2.75) is 43.1 Å². The number of nitrogens with zero attached hydrogens (tertiary/aromatic N) is 1. The first-order valence-electron chi connectivity index (χ1n) is 7.22. The van der Waals surface area contributed by atoms with Gasteiger partial charge in [-0.05, 0) is 37.8 Å². The SMILES string of the molecule is CCOc1ccc2nc(SC3CCC(N)C3C)[nH]c2c1. The predicted molar refractivity (Wildman–Crippen MR) is 83.3 cm³/mol. The fourth-order valence-electron chi connectivity index (χ4n) is 2.75. The van der Waals surface area contributed by atoms with E-state index < -0.39 is 0 Å². The highest BCUT2D eigenvalue weighted by Gasteiger charge is 2.31. The maximum Gasteiger partial charge on any atom is 0.166 e. The highest BCUT2D eigenvalue weighted by molar-refractivity contribution is 7.99. The monoisotopic (exact) mass is 291 g/mol. The van der Waals surface area contributed by atoms with Gasteiger partial charge in [0.15, 0.2) is 5.16 Å². The molecule has 0 spiro atoms. The summed E-state index contributed by atoms with van der Waals surface area (Å²) in [6.07, 6.45) is 2.29. The van der Waals surface area contributed by atoms with Gasteiger partial charge in [0.1, 0.15) is 5.75 Å². The van der Waals surface area contributed by atoms with Gasteiger partial charge >= 0.3 is 0 Å². The lowest BCUT2D eigenvalue weighted by molar-refractivity contribution is 0.340. The molecule has 20 heavy (non-hydrogen) atoms. The molecule has 5 heteroatoms. The van der Waals surface area contributed by atoms with Crippen molar-refractivity contribution in [2.75, 3.05) is 6.61 Å². The lowest BCUT2D eigenvalue weighted by Crippen LogP contribution is -2.26. The van der Waals surface area contributed by atoms with E-state index in [1.54, 1.807) is 0 Å². The van der Waals surface area contributed by atoms with Crippen LogP contribution in [0.3, 0.4) is 0 Å². The van der Waals surface area contributed by atoms with Crippen molar-refractivity contribution in [1.82, 2.24) is 9.97 Å². The molecule has 1 aromatic heterocycles. The molecule has 0 aliphatic heterocycles. The molecule has 1 fully saturated rings. The van der Waals surface area contributed by atoms with E-state index in [9.17, 15) is 0 Å². The van der Waals surface area contributed by atoms with Crippen LogP contribution in [0.15, 0.2) is 23.4 Å². The fourth-order valence-corrected chi connectivity index (χ4v) is 4.02. The molecule has 1 aliphatic rings. The third kappa shape index (κ3) is 2.65. The molecule has 2 aromatic rings. The van der Waals surface area contributed by atoms with Crippen molar-refractivity contribution in [3.05, 3.63) is 18.2 Å². The normalized spacial score (nSPS) is 26.2. The Bertz CT molecular complexity index is 598. The molecule has 3 rings (SSSR count). The molecule has 1 saturated carbocycles. The summed E-state index contributed by atoms with van der Waals surface area (Å²) in [7, 11) is 0. The van der Waals surface area contributed by atoms with Gasteiger partial charge < -0.3 is 15.5 Å². The van der Waals surface area contributed by atoms with Crippen LogP contribution in [-0.2, 0) is 0 Å². The van der Waals surface area contributed by atoms with Gasteiger partial charge in [0, 0.05) is 17.4 Å².